The third-order valence-corrected chi connectivity index (χ3v) is 4.24. The molecule has 1 heterocycles. The maximum Gasteiger partial charge on any atom is 0.132 e. The number of nitrogens with one attached hydrogen (secondary N) is 1. The van der Waals surface area contributed by atoms with E-state index >= 15 is 0 Å². The summed E-state index contributed by atoms with van der Waals surface area (Å²) < 4.78 is 0. The molecule has 1 aliphatic rings. The number of nitrogens with zero attached hydrogens (tertiary/aromatic N) is 3. The van der Waals surface area contributed by atoms with E-state index in [1.54, 1.807) is 0 Å². The van der Waals surface area contributed by atoms with Crippen LogP contribution in [0, 0.1) is 13.8 Å². The zero-order valence-electron chi connectivity index (χ0n) is 13.3. The summed E-state index contributed by atoms with van der Waals surface area (Å²) in [4.78, 5) is 11.3. The zero-order valence-corrected chi connectivity index (χ0v) is 13.3. The molecule has 1 saturated carbocycles. The molecule has 0 aliphatic heterocycles. The van der Waals surface area contributed by atoms with Crippen LogP contribution < -0.4 is 10.2 Å². The van der Waals surface area contributed by atoms with Gasteiger partial charge in [-0.05, 0) is 52.5 Å². The highest BCUT2D eigenvalue weighted by Crippen LogP contribution is 2.25. The Bertz CT molecular complexity index is 404. The van der Waals surface area contributed by atoms with Gasteiger partial charge in [-0.15, -0.1) is 0 Å². The lowest BCUT2D eigenvalue weighted by molar-refractivity contribution is 0.336. The number of rotatable bonds is 5. The van der Waals surface area contributed by atoms with Gasteiger partial charge >= 0.3 is 0 Å². The second-order valence-electron chi connectivity index (χ2n) is 5.99. The second kappa shape index (κ2) is 7.02. The van der Waals surface area contributed by atoms with Crippen molar-refractivity contribution in [2.24, 2.45) is 0 Å². The third kappa shape index (κ3) is 3.92. The fourth-order valence-corrected chi connectivity index (χ4v) is 3.08. The molecule has 0 amide bonds. The van der Waals surface area contributed by atoms with E-state index in [9.17, 15) is 0 Å². The molecule has 1 aliphatic carbocycles. The van der Waals surface area contributed by atoms with Gasteiger partial charge in [-0.25, -0.2) is 9.97 Å². The number of anilines is 1. The molecule has 1 N–H and O–H groups in total. The lowest BCUT2D eigenvalue weighted by atomic mass is 9.90. The Morgan fingerprint density at radius 2 is 1.90 bits per heavy atom. The van der Waals surface area contributed by atoms with Gasteiger partial charge in [0, 0.05) is 30.9 Å². The molecule has 2 rings (SSSR count). The molecule has 0 spiro atoms. The Morgan fingerprint density at radius 3 is 2.50 bits per heavy atom. The Morgan fingerprint density at radius 1 is 1.20 bits per heavy atom. The van der Waals surface area contributed by atoms with Crippen LogP contribution in [0.1, 0.15) is 50.5 Å². The molecule has 4 heteroatoms. The van der Waals surface area contributed by atoms with Gasteiger partial charge in [-0.2, -0.15) is 0 Å². The molecule has 1 fully saturated rings. The molecular weight excluding hydrogens is 248 g/mol. The summed E-state index contributed by atoms with van der Waals surface area (Å²) in [6.07, 6.45) is 6.27. The summed E-state index contributed by atoms with van der Waals surface area (Å²) in [6, 6.07) is 3.42. The highest BCUT2D eigenvalue weighted by molar-refractivity contribution is 5.40. The van der Waals surface area contributed by atoms with Gasteiger partial charge in [-0.3, -0.25) is 0 Å². The Kier molecular flexibility index (Phi) is 5.35. The van der Waals surface area contributed by atoms with Gasteiger partial charge in [0.2, 0.25) is 0 Å². The number of aromatic nitrogens is 2. The van der Waals surface area contributed by atoms with Crippen LogP contribution in [-0.2, 0) is 0 Å². The minimum atomic E-state index is 0.614. The van der Waals surface area contributed by atoms with Crippen LogP contribution in [0.5, 0.6) is 0 Å². The van der Waals surface area contributed by atoms with Gasteiger partial charge in [0.25, 0.3) is 0 Å². The zero-order chi connectivity index (χ0) is 14.5. The van der Waals surface area contributed by atoms with Crippen LogP contribution in [0.25, 0.3) is 0 Å². The number of hydrogen-bond acceptors (Lipinski definition) is 4. The van der Waals surface area contributed by atoms with Crippen LogP contribution >= 0.6 is 0 Å². The van der Waals surface area contributed by atoms with Gasteiger partial charge in [0.1, 0.15) is 11.6 Å². The summed E-state index contributed by atoms with van der Waals surface area (Å²) >= 11 is 0. The van der Waals surface area contributed by atoms with E-state index < -0.39 is 0 Å². The Labute approximate surface area is 123 Å². The lowest BCUT2D eigenvalue weighted by Crippen LogP contribution is -2.41. The summed E-state index contributed by atoms with van der Waals surface area (Å²) in [5, 5.41) is 3.64. The molecular formula is C16H28N4. The maximum atomic E-state index is 4.58. The van der Waals surface area contributed by atoms with E-state index in [0.29, 0.717) is 12.1 Å². The van der Waals surface area contributed by atoms with Crippen LogP contribution in [0.3, 0.4) is 0 Å². The number of aryl methyl sites for hydroxylation is 2. The topological polar surface area (TPSA) is 41.0 Å². The van der Waals surface area contributed by atoms with Crippen molar-refractivity contribution in [2.75, 3.05) is 18.5 Å². The summed E-state index contributed by atoms with van der Waals surface area (Å²) in [5.74, 6) is 1.94. The predicted molar refractivity (Wildman–Crippen MR) is 84.2 cm³/mol. The molecule has 0 bridgehead atoms. The first-order valence-corrected chi connectivity index (χ1v) is 7.88. The predicted octanol–water partition coefficient (Wildman–Crippen LogP) is 2.84. The van der Waals surface area contributed by atoms with Crippen molar-refractivity contribution < 1.29 is 0 Å². The molecule has 0 unspecified atom stereocenters. The highest BCUT2D eigenvalue weighted by atomic mass is 15.2. The molecule has 0 atom stereocenters. The fraction of sp³-hybridized carbons (Fsp3) is 0.750. The minimum absolute atomic E-state index is 0.614. The van der Waals surface area contributed by atoms with Crippen LogP contribution in [0.4, 0.5) is 5.82 Å². The Hall–Kier alpha value is -1.16. The normalized spacial score (nSPS) is 22.8. The third-order valence-electron chi connectivity index (χ3n) is 4.24. The van der Waals surface area contributed by atoms with Crippen molar-refractivity contribution in [3.63, 3.8) is 0 Å². The first-order valence-electron chi connectivity index (χ1n) is 7.88. The summed E-state index contributed by atoms with van der Waals surface area (Å²) in [7, 11) is 2.17. The van der Waals surface area contributed by atoms with Crippen LogP contribution in [0.15, 0.2) is 6.07 Å². The van der Waals surface area contributed by atoms with Crippen molar-refractivity contribution in [1.29, 1.82) is 0 Å². The molecule has 112 valence electrons. The van der Waals surface area contributed by atoms with E-state index in [0.717, 1.165) is 23.9 Å². The van der Waals surface area contributed by atoms with Gasteiger partial charge in [0.05, 0.1) is 0 Å². The standard InChI is InChI=1S/C16H28N4/c1-5-10-17-14-6-8-15(9-7-14)20(4)16-11-12(2)18-13(3)19-16/h11,14-15,17H,5-10H2,1-4H3. The van der Waals surface area contributed by atoms with Crippen LogP contribution in [-0.4, -0.2) is 35.6 Å². The monoisotopic (exact) mass is 276 g/mol. The van der Waals surface area contributed by atoms with E-state index in [2.05, 4.69) is 40.2 Å². The fourth-order valence-electron chi connectivity index (χ4n) is 3.08. The average Bonchev–Trinajstić information content (AvgIpc) is 2.44. The van der Waals surface area contributed by atoms with Crippen LogP contribution in [0.2, 0.25) is 0 Å². The molecule has 0 saturated heterocycles. The van der Waals surface area contributed by atoms with Crippen molar-refractivity contribution >= 4 is 5.82 Å². The second-order valence-corrected chi connectivity index (χ2v) is 5.99. The smallest absolute Gasteiger partial charge is 0.132 e. The lowest BCUT2D eigenvalue weighted by Gasteiger charge is -2.35. The van der Waals surface area contributed by atoms with E-state index in [4.69, 9.17) is 0 Å². The highest BCUT2D eigenvalue weighted by Gasteiger charge is 2.24. The number of hydrogen-bond donors (Lipinski definition) is 1. The first kappa shape index (κ1) is 15.2. The molecule has 0 radical (unpaired) electrons. The Balaban J connectivity index is 1.92. The molecule has 20 heavy (non-hydrogen) atoms. The quantitative estimate of drug-likeness (QED) is 0.898. The van der Waals surface area contributed by atoms with Crippen molar-refractivity contribution in [3.05, 3.63) is 17.6 Å². The van der Waals surface area contributed by atoms with E-state index in [1.807, 2.05) is 13.8 Å². The largest absolute Gasteiger partial charge is 0.357 e. The van der Waals surface area contributed by atoms with Gasteiger partial charge in [0.15, 0.2) is 0 Å². The summed E-state index contributed by atoms with van der Waals surface area (Å²) in [5.41, 5.74) is 1.05. The average molecular weight is 276 g/mol. The molecule has 0 aromatic carbocycles. The molecule has 4 nitrogen and oxygen atoms in total. The van der Waals surface area contributed by atoms with Gasteiger partial charge in [-0.1, -0.05) is 6.92 Å². The van der Waals surface area contributed by atoms with Crippen molar-refractivity contribution in [1.82, 2.24) is 15.3 Å². The maximum absolute atomic E-state index is 4.58. The van der Waals surface area contributed by atoms with Crippen molar-refractivity contribution in [3.8, 4) is 0 Å². The minimum Gasteiger partial charge on any atom is -0.357 e. The molecule has 1 aromatic rings. The van der Waals surface area contributed by atoms with Crippen molar-refractivity contribution in [2.45, 2.75) is 65.0 Å². The summed E-state index contributed by atoms with van der Waals surface area (Å²) in [6.45, 7) is 7.38. The van der Waals surface area contributed by atoms with Gasteiger partial charge < -0.3 is 10.2 Å². The first-order chi connectivity index (χ1) is 9.60. The van der Waals surface area contributed by atoms with E-state index in [1.165, 1.54) is 32.1 Å². The van der Waals surface area contributed by atoms with E-state index in [-0.39, 0.29) is 0 Å². The SMILES string of the molecule is CCCNC1CCC(N(C)c2cc(C)nc(C)n2)CC1. The molecule has 1 aromatic heterocycles.